The number of thiophene rings is 1. The summed E-state index contributed by atoms with van der Waals surface area (Å²) in [5, 5.41) is 9.99. The van der Waals surface area contributed by atoms with Crippen LogP contribution >= 0.6 is 27.3 Å². The predicted molar refractivity (Wildman–Crippen MR) is 67.1 cm³/mol. The molecule has 1 aromatic heterocycles. The number of halogens is 4. The van der Waals surface area contributed by atoms with Crippen molar-refractivity contribution in [2.24, 2.45) is 0 Å². The van der Waals surface area contributed by atoms with Crippen molar-refractivity contribution in [2.75, 3.05) is 0 Å². The summed E-state index contributed by atoms with van der Waals surface area (Å²) in [5.74, 6) is -3.42. The average molecular weight is 337 g/mol. The van der Waals surface area contributed by atoms with E-state index in [1.807, 2.05) is 6.92 Å². The minimum absolute atomic E-state index is 0.275. The smallest absolute Gasteiger partial charge is 0.161 e. The van der Waals surface area contributed by atoms with E-state index in [2.05, 4.69) is 15.9 Å². The first-order valence-electron chi connectivity index (χ1n) is 4.98. The molecule has 18 heavy (non-hydrogen) atoms. The molecule has 1 nitrogen and oxygen atoms in total. The van der Waals surface area contributed by atoms with Crippen LogP contribution in [0.25, 0.3) is 0 Å². The fourth-order valence-electron chi connectivity index (χ4n) is 1.52. The summed E-state index contributed by atoms with van der Waals surface area (Å²) in [6.45, 7) is 1.82. The second-order valence-corrected chi connectivity index (χ2v) is 6.20. The largest absolute Gasteiger partial charge is 0.383 e. The van der Waals surface area contributed by atoms with Crippen molar-refractivity contribution in [3.8, 4) is 0 Å². The first-order chi connectivity index (χ1) is 8.40. The fourth-order valence-corrected chi connectivity index (χ4v) is 3.10. The van der Waals surface area contributed by atoms with Gasteiger partial charge in [0.2, 0.25) is 0 Å². The Morgan fingerprint density at radius 2 is 1.72 bits per heavy atom. The van der Waals surface area contributed by atoms with Crippen molar-refractivity contribution in [1.29, 1.82) is 0 Å². The van der Waals surface area contributed by atoms with Crippen LogP contribution in [-0.4, -0.2) is 5.11 Å². The monoisotopic (exact) mass is 336 g/mol. The lowest BCUT2D eigenvalue weighted by Gasteiger charge is -2.10. The summed E-state index contributed by atoms with van der Waals surface area (Å²) in [6, 6.07) is 2.78. The molecule has 96 valence electrons. The Balaban J connectivity index is 2.45. The van der Waals surface area contributed by atoms with Crippen LogP contribution < -0.4 is 0 Å². The molecule has 0 fully saturated rings. The SMILES string of the molecule is Cc1cc(C(O)c2cc(F)c(F)cc2F)sc1Br. The van der Waals surface area contributed by atoms with Crippen LogP contribution in [-0.2, 0) is 0 Å². The van der Waals surface area contributed by atoms with E-state index in [4.69, 9.17) is 0 Å². The van der Waals surface area contributed by atoms with Crippen LogP contribution in [0.4, 0.5) is 13.2 Å². The number of hydrogen-bond donors (Lipinski definition) is 1. The van der Waals surface area contributed by atoms with Crippen LogP contribution in [0.15, 0.2) is 22.0 Å². The van der Waals surface area contributed by atoms with Gasteiger partial charge in [-0.1, -0.05) is 0 Å². The molecule has 2 rings (SSSR count). The van der Waals surface area contributed by atoms with Crippen molar-refractivity contribution < 1.29 is 18.3 Å². The van der Waals surface area contributed by atoms with Crippen molar-refractivity contribution in [3.05, 3.63) is 55.4 Å². The van der Waals surface area contributed by atoms with Crippen LogP contribution in [0.5, 0.6) is 0 Å². The normalized spacial score (nSPS) is 12.8. The van der Waals surface area contributed by atoms with E-state index >= 15 is 0 Å². The molecule has 0 radical (unpaired) electrons. The standard InChI is InChI=1S/C12H8BrF3OS/c1-5-2-10(18-12(5)13)11(17)6-3-8(15)9(16)4-7(6)14/h2-4,11,17H,1H3. The van der Waals surface area contributed by atoms with E-state index in [1.54, 1.807) is 6.07 Å². The van der Waals surface area contributed by atoms with Crippen molar-refractivity contribution in [2.45, 2.75) is 13.0 Å². The number of aliphatic hydroxyl groups excluding tert-OH is 1. The third-order valence-corrected chi connectivity index (χ3v) is 4.67. The maximum absolute atomic E-state index is 13.5. The van der Waals surface area contributed by atoms with Crippen LogP contribution in [0, 0.1) is 24.4 Å². The van der Waals surface area contributed by atoms with Gasteiger partial charge in [0, 0.05) is 16.5 Å². The molecule has 0 bridgehead atoms. The average Bonchev–Trinajstić information content (AvgIpc) is 2.63. The van der Waals surface area contributed by atoms with Gasteiger partial charge in [0.1, 0.15) is 11.9 Å². The molecule has 0 aliphatic carbocycles. The Morgan fingerprint density at radius 3 is 2.28 bits per heavy atom. The van der Waals surface area contributed by atoms with E-state index < -0.39 is 23.6 Å². The number of benzene rings is 1. The molecule has 0 aliphatic rings. The lowest BCUT2D eigenvalue weighted by atomic mass is 10.1. The van der Waals surface area contributed by atoms with E-state index in [9.17, 15) is 18.3 Å². The highest BCUT2D eigenvalue weighted by atomic mass is 79.9. The molecule has 1 heterocycles. The molecule has 0 spiro atoms. The zero-order valence-electron chi connectivity index (χ0n) is 9.18. The Labute approximate surface area is 114 Å². The molecule has 1 atom stereocenters. The van der Waals surface area contributed by atoms with Gasteiger partial charge >= 0.3 is 0 Å². The third-order valence-electron chi connectivity index (χ3n) is 2.48. The highest BCUT2D eigenvalue weighted by molar-refractivity contribution is 9.11. The summed E-state index contributed by atoms with van der Waals surface area (Å²) in [4.78, 5) is 0.462. The van der Waals surface area contributed by atoms with Crippen molar-refractivity contribution in [3.63, 3.8) is 0 Å². The summed E-state index contributed by atoms with van der Waals surface area (Å²) in [5.41, 5.74) is 0.611. The second-order valence-electron chi connectivity index (χ2n) is 3.80. The highest BCUT2D eigenvalue weighted by Gasteiger charge is 2.20. The van der Waals surface area contributed by atoms with Crippen LogP contribution in [0.3, 0.4) is 0 Å². The molecular formula is C12H8BrF3OS. The number of aliphatic hydroxyl groups is 1. The summed E-state index contributed by atoms with van der Waals surface area (Å²) < 4.78 is 40.2. The Bertz CT molecular complexity index is 578. The fraction of sp³-hybridized carbons (Fsp3) is 0.167. The van der Waals surface area contributed by atoms with Gasteiger partial charge in [0.25, 0.3) is 0 Å². The minimum Gasteiger partial charge on any atom is -0.383 e. The third kappa shape index (κ3) is 2.46. The van der Waals surface area contributed by atoms with Gasteiger partial charge in [-0.25, -0.2) is 13.2 Å². The van der Waals surface area contributed by atoms with E-state index in [0.29, 0.717) is 17.0 Å². The van der Waals surface area contributed by atoms with Crippen molar-refractivity contribution >= 4 is 27.3 Å². The molecule has 2 aromatic rings. The molecule has 6 heteroatoms. The molecular weight excluding hydrogens is 329 g/mol. The van der Waals surface area contributed by atoms with Gasteiger partial charge in [-0.2, -0.15) is 0 Å². The summed E-state index contributed by atoms with van der Waals surface area (Å²) >= 11 is 4.50. The van der Waals surface area contributed by atoms with Crippen LogP contribution in [0.1, 0.15) is 22.1 Å². The van der Waals surface area contributed by atoms with Gasteiger partial charge in [-0.15, -0.1) is 11.3 Å². The minimum atomic E-state index is -1.31. The van der Waals surface area contributed by atoms with E-state index in [1.165, 1.54) is 11.3 Å². The number of aryl methyl sites for hydroxylation is 1. The topological polar surface area (TPSA) is 20.2 Å². The predicted octanol–water partition coefficient (Wildman–Crippen LogP) is 4.32. The van der Waals surface area contributed by atoms with Crippen LogP contribution in [0.2, 0.25) is 0 Å². The van der Waals surface area contributed by atoms with Gasteiger partial charge in [0.15, 0.2) is 11.6 Å². The Kier molecular flexibility index (Phi) is 3.79. The maximum atomic E-state index is 13.5. The number of rotatable bonds is 2. The highest BCUT2D eigenvalue weighted by Crippen LogP contribution is 2.35. The van der Waals surface area contributed by atoms with Crippen molar-refractivity contribution in [1.82, 2.24) is 0 Å². The Hall–Kier alpha value is -0.850. The summed E-state index contributed by atoms with van der Waals surface area (Å²) in [7, 11) is 0. The molecule has 0 saturated carbocycles. The molecule has 1 N–H and O–H groups in total. The van der Waals surface area contributed by atoms with E-state index in [-0.39, 0.29) is 5.56 Å². The van der Waals surface area contributed by atoms with Gasteiger partial charge < -0.3 is 5.11 Å². The maximum Gasteiger partial charge on any atom is 0.161 e. The lowest BCUT2D eigenvalue weighted by Crippen LogP contribution is -2.03. The zero-order chi connectivity index (χ0) is 13.4. The Morgan fingerprint density at radius 1 is 1.11 bits per heavy atom. The second kappa shape index (κ2) is 5.03. The molecule has 1 aromatic carbocycles. The van der Waals surface area contributed by atoms with Gasteiger partial charge in [-0.3, -0.25) is 0 Å². The molecule has 0 saturated heterocycles. The van der Waals surface area contributed by atoms with Gasteiger partial charge in [-0.05, 0) is 40.5 Å². The zero-order valence-corrected chi connectivity index (χ0v) is 11.6. The van der Waals surface area contributed by atoms with E-state index in [0.717, 1.165) is 9.35 Å². The first kappa shape index (κ1) is 13.6. The molecule has 0 amide bonds. The molecule has 1 unspecified atom stereocenters. The quantitative estimate of drug-likeness (QED) is 0.810. The summed E-state index contributed by atoms with van der Waals surface area (Å²) in [6.07, 6.45) is -1.31. The lowest BCUT2D eigenvalue weighted by molar-refractivity contribution is 0.217. The van der Waals surface area contributed by atoms with Gasteiger partial charge in [0.05, 0.1) is 3.79 Å². The molecule has 0 aliphatic heterocycles. The first-order valence-corrected chi connectivity index (χ1v) is 6.59. The number of hydrogen-bond acceptors (Lipinski definition) is 2.